The summed E-state index contributed by atoms with van der Waals surface area (Å²) >= 11 is 0. The number of hydrogen-bond donors (Lipinski definition) is 4. The molecule has 0 bridgehead atoms. The van der Waals surface area contributed by atoms with Crippen LogP contribution >= 0.6 is 0 Å². The van der Waals surface area contributed by atoms with Crippen LogP contribution in [0.3, 0.4) is 0 Å². The summed E-state index contributed by atoms with van der Waals surface area (Å²) in [5, 5.41) is 23.1. The van der Waals surface area contributed by atoms with Crippen molar-refractivity contribution in [3.63, 3.8) is 0 Å². The van der Waals surface area contributed by atoms with Crippen LogP contribution in [0.15, 0.2) is 18.2 Å². The summed E-state index contributed by atoms with van der Waals surface area (Å²) in [6.07, 6.45) is 0. The molecule has 1 unspecified atom stereocenters. The zero-order valence-electron chi connectivity index (χ0n) is 11.9. The van der Waals surface area contributed by atoms with Crippen molar-refractivity contribution >= 4 is 23.6 Å². The first-order valence-corrected chi connectivity index (χ1v) is 6.07. The van der Waals surface area contributed by atoms with Crippen LogP contribution in [-0.2, 0) is 4.79 Å². The predicted octanol–water partition coefficient (Wildman–Crippen LogP) is 0.689. The predicted molar refractivity (Wildman–Crippen MR) is 75.4 cm³/mol. The molecule has 0 heterocycles. The first-order valence-electron chi connectivity index (χ1n) is 6.07. The molecule has 0 saturated heterocycles. The first kappa shape index (κ1) is 16.3. The van der Waals surface area contributed by atoms with Gasteiger partial charge in [-0.1, -0.05) is 0 Å². The van der Waals surface area contributed by atoms with Crippen LogP contribution in [-0.4, -0.2) is 53.2 Å². The molecule has 1 aromatic rings. The number of carbonyl (C=O) groups excluding carboxylic acids is 2. The maximum atomic E-state index is 11.7. The van der Waals surface area contributed by atoms with Gasteiger partial charge in [0.1, 0.15) is 17.4 Å². The number of phenols is 1. The monoisotopic (exact) mass is 295 g/mol. The number of nitrogens with zero attached hydrogens (tertiary/aromatic N) is 1. The Morgan fingerprint density at radius 3 is 2.33 bits per heavy atom. The fourth-order valence-electron chi connectivity index (χ4n) is 1.60. The van der Waals surface area contributed by atoms with Crippen LogP contribution in [0.4, 0.5) is 10.5 Å². The molecule has 0 aliphatic carbocycles. The summed E-state index contributed by atoms with van der Waals surface area (Å²) in [5.41, 5.74) is -0.0587. The molecule has 1 atom stereocenters. The van der Waals surface area contributed by atoms with Gasteiger partial charge in [0, 0.05) is 25.8 Å². The normalized spacial score (nSPS) is 11.4. The van der Waals surface area contributed by atoms with E-state index in [9.17, 15) is 19.5 Å². The Kier molecular flexibility index (Phi) is 5.12. The third-order valence-electron chi connectivity index (χ3n) is 2.64. The average Bonchev–Trinajstić information content (AvgIpc) is 2.36. The summed E-state index contributed by atoms with van der Waals surface area (Å²) in [4.78, 5) is 35.4. The van der Waals surface area contributed by atoms with Gasteiger partial charge in [0.2, 0.25) is 5.91 Å². The molecule has 0 saturated carbocycles. The number of benzene rings is 1. The van der Waals surface area contributed by atoms with Crippen LogP contribution in [0.2, 0.25) is 0 Å². The van der Waals surface area contributed by atoms with Crippen LogP contribution in [0.25, 0.3) is 0 Å². The van der Waals surface area contributed by atoms with E-state index in [0.717, 1.165) is 6.07 Å². The zero-order chi connectivity index (χ0) is 16.2. The second-order valence-corrected chi connectivity index (χ2v) is 4.59. The Morgan fingerprint density at radius 1 is 1.24 bits per heavy atom. The van der Waals surface area contributed by atoms with Crippen LogP contribution < -0.4 is 10.6 Å². The topological polar surface area (TPSA) is 119 Å². The lowest BCUT2D eigenvalue weighted by Crippen LogP contribution is -2.45. The number of hydrogen-bond acceptors (Lipinski definition) is 4. The van der Waals surface area contributed by atoms with Gasteiger partial charge in [-0.25, -0.2) is 9.59 Å². The maximum Gasteiger partial charge on any atom is 0.339 e. The lowest BCUT2D eigenvalue weighted by atomic mass is 10.2. The smallest absolute Gasteiger partial charge is 0.339 e. The Labute approximate surface area is 121 Å². The number of carbonyl (C=O) groups is 3. The van der Waals surface area contributed by atoms with Gasteiger partial charge in [0.15, 0.2) is 0 Å². The Bertz CT molecular complexity index is 571. The van der Waals surface area contributed by atoms with Crippen molar-refractivity contribution < 1.29 is 24.6 Å². The van der Waals surface area contributed by atoms with Crippen molar-refractivity contribution in [3.05, 3.63) is 23.8 Å². The second-order valence-electron chi connectivity index (χ2n) is 4.59. The van der Waals surface area contributed by atoms with Gasteiger partial charge >= 0.3 is 12.0 Å². The molecule has 0 spiro atoms. The molecular formula is C13H17N3O5. The van der Waals surface area contributed by atoms with E-state index in [-0.39, 0.29) is 17.2 Å². The van der Waals surface area contributed by atoms with Crippen molar-refractivity contribution in [1.29, 1.82) is 0 Å². The molecule has 1 aromatic carbocycles. The highest BCUT2D eigenvalue weighted by atomic mass is 16.4. The van der Waals surface area contributed by atoms with Gasteiger partial charge in [-0.2, -0.15) is 0 Å². The molecule has 8 nitrogen and oxygen atoms in total. The van der Waals surface area contributed by atoms with Crippen molar-refractivity contribution in [3.8, 4) is 5.75 Å². The van der Waals surface area contributed by atoms with Crippen LogP contribution in [0.5, 0.6) is 5.75 Å². The number of aromatic hydroxyl groups is 1. The van der Waals surface area contributed by atoms with E-state index >= 15 is 0 Å². The van der Waals surface area contributed by atoms with Crippen molar-refractivity contribution in [2.45, 2.75) is 13.0 Å². The molecule has 8 heteroatoms. The lowest BCUT2D eigenvalue weighted by molar-refractivity contribution is -0.130. The van der Waals surface area contributed by atoms with Crippen molar-refractivity contribution in [1.82, 2.24) is 10.2 Å². The van der Waals surface area contributed by atoms with Gasteiger partial charge in [-0.05, 0) is 19.1 Å². The number of urea groups is 1. The third kappa shape index (κ3) is 4.37. The van der Waals surface area contributed by atoms with Gasteiger partial charge in [-0.15, -0.1) is 0 Å². The second kappa shape index (κ2) is 6.60. The molecule has 3 amide bonds. The van der Waals surface area contributed by atoms with E-state index in [1.54, 1.807) is 14.1 Å². The number of anilines is 1. The number of aromatic carboxylic acids is 1. The molecule has 0 radical (unpaired) electrons. The number of carboxylic acid groups (broad SMARTS) is 1. The largest absolute Gasteiger partial charge is 0.507 e. The molecule has 21 heavy (non-hydrogen) atoms. The fraction of sp³-hybridized carbons (Fsp3) is 0.308. The minimum absolute atomic E-state index is 0.208. The molecular weight excluding hydrogens is 278 g/mol. The Balaban J connectivity index is 2.69. The maximum absolute atomic E-state index is 11.7. The highest BCUT2D eigenvalue weighted by molar-refractivity contribution is 5.95. The summed E-state index contributed by atoms with van der Waals surface area (Å²) in [5.74, 6) is -2.00. The minimum Gasteiger partial charge on any atom is -0.507 e. The average molecular weight is 295 g/mol. The molecule has 0 aromatic heterocycles. The first-order chi connectivity index (χ1) is 9.72. The summed E-state index contributed by atoms with van der Waals surface area (Å²) < 4.78 is 0. The van der Waals surface area contributed by atoms with E-state index in [4.69, 9.17) is 5.11 Å². The number of carboxylic acids is 1. The molecule has 0 aliphatic rings. The quantitative estimate of drug-likeness (QED) is 0.651. The van der Waals surface area contributed by atoms with Gasteiger partial charge < -0.3 is 25.7 Å². The number of likely N-dealkylation sites (N-methyl/N-ethyl adjacent to an activating group) is 1. The van der Waals surface area contributed by atoms with E-state index in [2.05, 4.69) is 10.6 Å². The molecule has 4 N–H and O–H groups in total. The van der Waals surface area contributed by atoms with Crippen LogP contribution in [0.1, 0.15) is 17.3 Å². The van der Waals surface area contributed by atoms with Gasteiger partial charge in [-0.3, -0.25) is 4.79 Å². The van der Waals surface area contributed by atoms with E-state index < -0.39 is 23.8 Å². The molecule has 114 valence electrons. The highest BCUT2D eigenvalue weighted by Crippen LogP contribution is 2.21. The third-order valence-corrected chi connectivity index (χ3v) is 2.64. The fourth-order valence-corrected chi connectivity index (χ4v) is 1.60. The standard InChI is InChI=1S/C13H17N3O5/c1-7(11(18)16(2)3)14-13(21)15-8-4-5-9(12(19)20)10(17)6-8/h4-7,17H,1-3H3,(H,19,20)(H2,14,15,21). The van der Waals surface area contributed by atoms with Crippen molar-refractivity contribution in [2.24, 2.45) is 0 Å². The molecule has 1 rings (SSSR count). The zero-order valence-corrected chi connectivity index (χ0v) is 11.9. The van der Waals surface area contributed by atoms with Gasteiger partial charge in [0.25, 0.3) is 0 Å². The van der Waals surface area contributed by atoms with E-state index in [0.29, 0.717) is 0 Å². The lowest BCUT2D eigenvalue weighted by Gasteiger charge is -2.18. The Hall–Kier alpha value is -2.77. The SMILES string of the molecule is CC(NC(=O)Nc1ccc(C(=O)O)c(O)c1)C(=O)N(C)C. The molecule has 0 aliphatic heterocycles. The summed E-state index contributed by atoms with van der Waals surface area (Å²) in [6, 6.07) is 2.26. The molecule has 0 fully saturated rings. The summed E-state index contributed by atoms with van der Waals surface area (Å²) in [7, 11) is 3.14. The van der Waals surface area contributed by atoms with E-state index in [1.165, 1.54) is 24.0 Å². The highest BCUT2D eigenvalue weighted by Gasteiger charge is 2.17. The van der Waals surface area contributed by atoms with Gasteiger partial charge in [0.05, 0.1) is 0 Å². The van der Waals surface area contributed by atoms with Crippen molar-refractivity contribution in [2.75, 3.05) is 19.4 Å². The number of amides is 3. The van der Waals surface area contributed by atoms with Crippen LogP contribution in [0, 0.1) is 0 Å². The Morgan fingerprint density at radius 2 is 1.86 bits per heavy atom. The summed E-state index contributed by atoms with van der Waals surface area (Å²) in [6.45, 7) is 1.53. The minimum atomic E-state index is -1.27. The number of rotatable bonds is 4. The number of nitrogens with one attached hydrogen (secondary N) is 2. The van der Waals surface area contributed by atoms with E-state index in [1.807, 2.05) is 0 Å².